The first kappa shape index (κ1) is 20.0. The Kier molecular flexibility index (Phi) is 9.10. The maximum absolute atomic E-state index is 2.56. The maximum atomic E-state index is 2.56. The molecule has 0 amide bonds. The second-order valence-corrected chi connectivity index (χ2v) is 9.42. The van der Waals surface area contributed by atoms with Gasteiger partial charge in [0.25, 0.3) is 0 Å². The van der Waals surface area contributed by atoms with Crippen LogP contribution in [0.2, 0.25) is 0 Å². The molecule has 0 aromatic heterocycles. The van der Waals surface area contributed by atoms with Gasteiger partial charge >= 0.3 is 0 Å². The fourth-order valence-corrected chi connectivity index (χ4v) is 4.41. The number of hydrogen-bond donors (Lipinski definition) is 0. The molecule has 2 atom stereocenters. The Labute approximate surface area is 141 Å². The van der Waals surface area contributed by atoms with E-state index in [1.165, 1.54) is 70.6 Å². The Morgan fingerprint density at radius 2 is 1.32 bits per heavy atom. The highest BCUT2D eigenvalue weighted by Gasteiger charge is 2.34. The van der Waals surface area contributed by atoms with Crippen LogP contribution in [0.25, 0.3) is 0 Å². The Hall–Kier alpha value is 0. The standard InChI is InChI=1S/C22H44/c1-18(2)12-10-13-19(3)14-11-15-20(4)22(5,6)21-16-8-7-9-17-21/h18-21H,7-17H2,1-6H3. The second kappa shape index (κ2) is 9.99. The Balaban J connectivity index is 2.22. The average molecular weight is 309 g/mol. The quantitative estimate of drug-likeness (QED) is 0.385. The van der Waals surface area contributed by atoms with E-state index in [9.17, 15) is 0 Å². The molecular weight excluding hydrogens is 264 g/mol. The van der Waals surface area contributed by atoms with Gasteiger partial charge in [0, 0.05) is 0 Å². The van der Waals surface area contributed by atoms with E-state index in [0.29, 0.717) is 5.41 Å². The molecule has 0 aliphatic heterocycles. The highest BCUT2D eigenvalue weighted by molar-refractivity contribution is 4.85. The molecule has 132 valence electrons. The predicted octanol–water partition coefficient (Wildman–Crippen LogP) is 7.86. The lowest BCUT2D eigenvalue weighted by molar-refractivity contribution is 0.0846. The molecule has 0 bridgehead atoms. The van der Waals surface area contributed by atoms with Crippen molar-refractivity contribution in [1.29, 1.82) is 0 Å². The van der Waals surface area contributed by atoms with Gasteiger partial charge < -0.3 is 0 Å². The van der Waals surface area contributed by atoms with Gasteiger partial charge in [0.05, 0.1) is 0 Å². The van der Waals surface area contributed by atoms with E-state index in [2.05, 4.69) is 41.5 Å². The maximum Gasteiger partial charge on any atom is -0.0300 e. The SMILES string of the molecule is CC(C)CCCC(C)CCCC(C)C(C)(C)C1CCCCC1. The van der Waals surface area contributed by atoms with Crippen LogP contribution < -0.4 is 0 Å². The van der Waals surface area contributed by atoms with Gasteiger partial charge in [-0.05, 0) is 41.9 Å². The first-order chi connectivity index (χ1) is 10.3. The zero-order valence-electron chi connectivity index (χ0n) is 16.6. The van der Waals surface area contributed by atoms with E-state index >= 15 is 0 Å². The van der Waals surface area contributed by atoms with E-state index in [1.807, 2.05) is 0 Å². The summed E-state index contributed by atoms with van der Waals surface area (Å²) >= 11 is 0. The third kappa shape index (κ3) is 7.05. The molecule has 1 saturated carbocycles. The molecule has 0 spiro atoms. The van der Waals surface area contributed by atoms with Crippen molar-refractivity contribution in [3.8, 4) is 0 Å². The van der Waals surface area contributed by atoms with Crippen molar-refractivity contribution < 1.29 is 0 Å². The van der Waals surface area contributed by atoms with Crippen molar-refractivity contribution in [1.82, 2.24) is 0 Å². The molecule has 0 radical (unpaired) electrons. The minimum Gasteiger partial charge on any atom is -0.0628 e. The minimum absolute atomic E-state index is 0.557. The van der Waals surface area contributed by atoms with Crippen molar-refractivity contribution in [2.45, 2.75) is 112 Å². The highest BCUT2D eigenvalue weighted by Crippen LogP contribution is 2.44. The van der Waals surface area contributed by atoms with Gasteiger partial charge in [-0.2, -0.15) is 0 Å². The lowest BCUT2D eigenvalue weighted by atomic mass is 9.64. The molecule has 1 aliphatic rings. The van der Waals surface area contributed by atoms with Crippen LogP contribution in [0.15, 0.2) is 0 Å². The summed E-state index contributed by atoms with van der Waals surface area (Å²) in [5, 5.41) is 0. The van der Waals surface area contributed by atoms with Gasteiger partial charge in [0.1, 0.15) is 0 Å². The monoisotopic (exact) mass is 308 g/mol. The summed E-state index contributed by atoms with van der Waals surface area (Å²) in [5.41, 5.74) is 0.557. The fraction of sp³-hybridized carbons (Fsp3) is 1.00. The molecule has 0 heteroatoms. The lowest BCUT2D eigenvalue weighted by Crippen LogP contribution is -2.32. The van der Waals surface area contributed by atoms with Crippen LogP contribution in [-0.4, -0.2) is 0 Å². The van der Waals surface area contributed by atoms with Crippen LogP contribution in [0.5, 0.6) is 0 Å². The van der Waals surface area contributed by atoms with Crippen LogP contribution in [0, 0.1) is 29.1 Å². The van der Waals surface area contributed by atoms with Crippen LogP contribution in [0.4, 0.5) is 0 Å². The summed E-state index contributed by atoms with van der Waals surface area (Å²) in [4.78, 5) is 0. The van der Waals surface area contributed by atoms with Crippen LogP contribution in [0.1, 0.15) is 112 Å². The van der Waals surface area contributed by atoms with Gasteiger partial charge in [0.15, 0.2) is 0 Å². The summed E-state index contributed by atoms with van der Waals surface area (Å²) in [6.07, 6.45) is 16.0. The highest BCUT2D eigenvalue weighted by atomic mass is 14.4. The van der Waals surface area contributed by atoms with Crippen molar-refractivity contribution in [2.75, 3.05) is 0 Å². The summed E-state index contributed by atoms with van der Waals surface area (Å²) in [5.74, 6) is 3.69. The summed E-state index contributed by atoms with van der Waals surface area (Å²) in [6.45, 7) is 14.8. The second-order valence-electron chi connectivity index (χ2n) is 9.42. The Morgan fingerprint density at radius 3 is 1.86 bits per heavy atom. The molecular formula is C22H44. The van der Waals surface area contributed by atoms with Gasteiger partial charge in [-0.1, -0.05) is 99.3 Å². The molecule has 1 aliphatic carbocycles. The third-order valence-electron chi connectivity index (χ3n) is 6.74. The van der Waals surface area contributed by atoms with Gasteiger partial charge in [-0.25, -0.2) is 0 Å². The van der Waals surface area contributed by atoms with E-state index in [-0.39, 0.29) is 0 Å². The minimum atomic E-state index is 0.557. The van der Waals surface area contributed by atoms with Crippen LogP contribution >= 0.6 is 0 Å². The molecule has 0 N–H and O–H groups in total. The molecule has 1 fully saturated rings. The zero-order valence-corrected chi connectivity index (χ0v) is 16.6. The molecule has 0 aromatic carbocycles. The number of hydrogen-bond acceptors (Lipinski definition) is 0. The fourth-order valence-electron chi connectivity index (χ4n) is 4.41. The smallest absolute Gasteiger partial charge is 0.0300 e. The van der Waals surface area contributed by atoms with Crippen molar-refractivity contribution in [3.05, 3.63) is 0 Å². The Morgan fingerprint density at radius 1 is 0.773 bits per heavy atom. The van der Waals surface area contributed by atoms with Crippen molar-refractivity contribution in [3.63, 3.8) is 0 Å². The molecule has 2 unspecified atom stereocenters. The topological polar surface area (TPSA) is 0 Å². The predicted molar refractivity (Wildman–Crippen MR) is 101 cm³/mol. The first-order valence-electron chi connectivity index (χ1n) is 10.3. The molecule has 22 heavy (non-hydrogen) atoms. The summed E-state index contributed by atoms with van der Waals surface area (Å²) < 4.78 is 0. The van der Waals surface area contributed by atoms with E-state index in [4.69, 9.17) is 0 Å². The van der Waals surface area contributed by atoms with E-state index in [0.717, 1.165) is 23.7 Å². The zero-order chi connectivity index (χ0) is 16.6. The molecule has 0 heterocycles. The van der Waals surface area contributed by atoms with Crippen LogP contribution in [0.3, 0.4) is 0 Å². The first-order valence-corrected chi connectivity index (χ1v) is 10.3. The Bertz CT molecular complexity index is 270. The molecule has 0 aromatic rings. The van der Waals surface area contributed by atoms with Crippen molar-refractivity contribution >= 4 is 0 Å². The lowest BCUT2D eigenvalue weighted by Gasteiger charge is -2.42. The van der Waals surface area contributed by atoms with Gasteiger partial charge in [0.2, 0.25) is 0 Å². The summed E-state index contributed by atoms with van der Waals surface area (Å²) in [6, 6.07) is 0. The largest absolute Gasteiger partial charge is 0.0628 e. The average Bonchev–Trinajstić information content (AvgIpc) is 2.47. The number of rotatable bonds is 10. The molecule has 1 rings (SSSR count). The van der Waals surface area contributed by atoms with E-state index in [1.54, 1.807) is 0 Å². The molecule has 0 saturated heterocycles. The summed E-state index contributed by atoms with van der Waals surface area (Å²) in [7, 11) is 0. The van der Waals surface area contributed by atoms with Gasteiger partial charge in [-0.15, -0.1) is 0 Å². The molecule has 0 nitrogen and oxygen atoms in total. The van der Waals surface area contributed by atoms with Crippen molar-refractivity contribution in [2.24, 2.45) is 29.1 Å². The normalized spacial score (nSPS) is 20.3. The third-order valence-corrected chi connectivity index (χ3v) is 6.74. The van der Waals surface area contributed by atoms with E-state index < -0.39 is 0 Å². The van der Waals surface area contributed by atoms with Crippen LogP contribution in [-0.2, 0) is 0 Å². The van der Waals surface area contributed by atoms with Gasteiger partial charge in [-0.3, -0.25) is 0 Å².